The molecule has 1 aromatic carbocycles. The predicted molar refractivity (Wildman–Crippen MR) is 84.8 cm³/mol. The first-order valence-corrected chi connectivity index (χ1v) is 7.29. The van der Waals surface area contributed by atoms with E-state index in [2.05, 4.69) is 20.4 Å². The van der Waals surface area contributed by atoms with Crippen LogP contribution in [0.15, 0.2) is 52.0 Å². The molecule has 3 aromatic rings. The van der Waals surface area contributed by atoms with Crippen LogP contribution in [0.1, 0.15) is 11.4 Å². The van der Waals surface area contributed by atoms with Crippen LogP contribution >= 0.6 is 0 Å². The highest BCUT2D eigenvalue weighted by molar-refractivity contribution is 5.75. The number of rotatable bonds is 5. The number of nitrogens with zero attached hydrogens (tertiary/aromatic N) is 4. The minimum absolute atomic E-state index is 0.114. The van der Waals surface area contributed by atoms with Gasteiger partial charge in [-0.05, 0) is 25.1 Å². The quantitative estimate of drug-likeness (QED) is 0.748. The van der Waals surface area contributed by atoms with Gasteiger partial charge < -0.3 is 9.84 Å². The van der Waals surface area contributed by atoms with Crippen molar-refractivity contribution in [3.63, 3.8) is 0 Å². The fourth-order valence-electron chi connectivity index (χ4n) is 2.03. The number of aryl methyl sites for hydroxylation is 1. The number of hydrogen-bond donors (Lipinski definition) is 1. The molecule has 0 spiro atoms. The Morgan fingerprint density at radius 3 is 2.83 bits per heavy atom. The van der Waals surface area contributed by atoms with Crippen LogP contribution in [0.2, 0.25) is 0 Å². The first kappa shape index (κ1) is 15.6. The zero-order valence-electron chi connectivity index (χ0n) is 13.0. The summed E-state index contributed by atoms with van der Waals surface area (Å²) in [5.74, 6) is 0.409. The van der Waals surface area contributed by atoms with E-state index in [1.807, 2.05) is 31.2 Å². The monoisotopic (exact) mass is 325 g/mol. The Balaban J connectivity index is 1.59. The Hall–Kier alpha value is -3.29. The number of carbonyl (C=O) groups is 1. The molecule has 1 N–H and O–H groups in total. The summed E-state index contributed by atoms with van der Waals surface area (Å²) < 4.78 is 6.39. The summed E-state index contributed by atoms with van der Waals surface area (Å²) in [6, 6.07) is 9.26. The second kappa shape index (κ2) is 6.86. The number of amides is 1. The van der Waals surface area contributed by atoms with Crippen molar-refractivity contribution in [2.24, 2.45) is 0 Å². The smallest absolute Gasteiger partial charge is 0.347 e. The van der Waals surface area contributed by atoms with Crippen LogP contribution in [0.5, 0.6) is 0 Å². The van der Waals surface area contributed by atoms with Gasteiger partial charge in [0.2, 0.25) is 5.91 Å². The molecule has 0 unspecified atom stereocenters. The summed E-state index contributed by atoms with van der Waals surface area (Å²) in [5, 5.41) is 6.47. The largest absolute Gasteiger partial charge is 0.347 e. The van der Waals surface area contributed by atoms with Crippen LogP contribution in [0.4, 0.5) is 0 Å². The van der Waals surface area contributed by atoms with E-state index in [-0.39, 0.29) is 19.0 Å². The second-order valence-electron chi connectivity index (χ2n) is 5.19. The van der Waals surface area contributed by atoms with Crippen molar-refractivity contribution in [2.45, 2.75) is 20.0 Å². The molecular weight excluding hydrogens is 310 g/mol. The Bertz CT molecular complexity index is 898. The first-order valence-electron chi connectivity index (χ1n) is 7.29. The highest BCUT2D eigenvalue weighted by Crippen LogP contribution is 2.17. The van der Waals surface area contributed by atoms with Crippen molar-refractivity contribution < 1.29 is 9.32 Å². The van der Waals surface area contributed by atoms with E-state index in [9.17, 15) is 9.59 Å². The third-order valence-corrected chi connectivity index (χ3v) is 3.31. The first-order chi connectivity index (χ1) is 11.6. The number of nitrogens with one attached hydrogen (secondary N) is 1. The molecule has 0 saturated carbocycles. The van der Waals surface area contributed by atoms with E-state index in [4.69, 9.17) is 4.52 Å². The lowest BCUT2D eigenvalue weighted by Crippen LogP contribution is -2.32. The molecular formula is C16H15N5O3. The van der Waals surface area contributed by atoms with Gasteiger partial charge in [-0.3, -0.25) is 9.36 Å². The van der Waals surface area contributed by atoms with Gasteiger partial charge in [0, 0.05) is 18.0 Å². The Morgan fingerprint density at radius 1 is 1.29 bits per heavy atom. The summed E-state index contributed by atoms with van der Waals surface area (Å²) >= 11 is 0. The van der Waals surface area contributed by atoms with Gasteiger partial charge in [0.25, 0.3) is 5.89 Å². The van der Waals surface area contributed by atoms with E-state index in [1.165, 1.54) is 17.0 Å². The molecule has 0 aliphatic heterocycles. The Kier molecular flexibility index (Phi) is 4.46. The van der Waals surface area contributed by atoms with Gasteiger partial charge >= 0.3 is 5.69 Å². The summed E-state index contributed by atoms with van der Waals surface area (Å²) in [6.45, 7) is 1.99. The van der Waals surface area contributed by atoms with Gasteiger partial charge in [-0.25, -0.2) is 9.78 Å². The molecule has 0 atom stereocenters. The van der Waals surface area contributed by atoms with E-state index in [0.29, 0.717) is 11.7 Å². The van der Waals surface area contributed by atoms with E-state index >= 15 is 0 Å². The molecule has 0 saturated heterocycles. The maximum atomic E-state index is 11.9. The van der Waals surface area contributed by atoms with Gasteiger partial charge in [-0.1, -0.05) is 22.9 Å². The van der Waals surface area contributed by atoms with Crippen molar-refractivity contribution in [1.29, 1.82) is 0 Å². The van der Waals surface area contributed by atoms with Crippen LogP contribution in [0.3, 0.4) is 0 Å². The van der Waals surface area contributed by atoms with Crippen LogP contribution in [0.25, 0.3) is 11.5 Å². The topological polar surface area (TPSA) is 103 Å². The van der Waals surface area contributed by atoms with Crippen LogP contribution in [-0.4, -0.2) is 25.6 Å². The summed E-state index contributed by atoms with van der Waals surface area (Å²) in [6.07, 6.45) is 2.88. The molecule has 2 heterocycles. The van der Waals surface area contributed by atoms with Crippen molar-refractivity contribution in [3.8, 4) is 11.5 Å². The normalized spacial score (nSPS) is 10.5. The summed E-state index contributed by atoms with van der Waals surface area (Å²) in [7, 11) is 0. The molecule has 0 fully saturated rings. The molecule has 8 nitrogen and oxygen atoms in total. The van der Waals surface area contributed by atoms with Crippen LogP contribution in [0, 0.1) is 6.92 Å². The average Bonchev–Trinajstić information content (AvgIpc) is 3.05. The SMILES string of the molecule is Cc1ccc(-c2nc(CNC(=O)Cn3cccnc3=O)no2)cc1. The summed E-state index contributed by atoms with van der Waals surface area (Å²) in [4.78, 5) is 31.1. The van der Waals surface area contributed by atoms with E-state index in [1.54, 1.807) is 6.07 Å². The van der Waals surface area contributed by atoms with Gasteiger partial charge in [0.15, 0.2) is 5.82 Å². The number of hydrogen-bond acceptors (Lipinski definition) is 6. The lowest BCUT2D eigenvalue weighted by atomic mass is 10.1. The fourth-order valence-corrected chi connectivity index (χ4v) is 2.03. The third kappa shape index (κ3) is 3.72. The second-order valence-corrected chi connectivity index (χ2v) is 5.19. The molecule has 0 aliphatic rings. The predicted octanol–water partition coefficient (Wildman–Crippen LogP) is 0.918. The molecule has 0 bridgehead atoms. The van der Waals surface area contributed by atoms with Crippen molar-refractivity contribution in [2.75, 3.05) is 0 Å². The minimum atomic E-state index is -0.478. The van der Waals surface area contributed by atoms with Gasteiger partial charge in [0.1, 0.15) is 6.54 Å². The standard InChI is InChI=1S/C16H15N5O3/c1-11-3-5-12(6-4-11)15-19-13(20-24-15)9-18-14(22)10-21-8-2-7-17-16(21)23/h2-8H,9-10H2,1H3,(H,18,22). The van der Waals surface area contributed by atoms with Crippen LogP contribution in [-0.2, 0) is 17.9 Å². The van der Waals surface area contributed by atoms with E-state index < -0.39 is 5.69 Å². The molecule has 0 radical (unpaired) electrons. The maximum Gasteiger partial charge on any atom is 0.347 e. The number of aromatic nitrogens is 4. The van der Waals surface area contributed by atoms with Gasteiger partial charge in [-0.2, -0.15) is 4.98 Å². The zero-order valence-corrected chi connectivity index (χ0v) is 13.0. The number of carbonyl (C=O) groups excluding carboxylic acids is 1. The van der Waals surface area contributed by atoms with E-state index in [0.717, 1.165) is 11.1 Å². The zero-order chi connectivity index (χ0) is 16.9. The maximum absolute atomic E-state index is 11.9. The summed E-state index contributed by atoms with van der Waals surface area (Å²) in [5.41, 5.74) is 1.47. The fraction of sp³-hybridized carbons (Fsp3) is 0.188. The molecule has 1 amide bonds. The highest BCUT2D eigenvalue weighted by atomic mass is 16.5. The molecule has 122 valence electrons. The van der Waals surface area contributed by atoms with Gasteiger partial charge in [0.05, 0.1) is 6.54 Å². The molecule has 0 aliphatic carbocycles. The molecule has 2 aromatic heterocycles. The molecule has 24 heavy (non-hydrogen) atoms. The molecule has 8 heteroatoms. The van der Waals surface area contributed by atoms with Gasteiger partial charge in [-0.15, -0.1) is 0 Å². The Labute approximate surface area is 137 Å². The Morgan fingerprint density at radius 2 is 2.08 bits per heavy atom. The molecule has 3 rings (SSSR count). The average molecular weight is 325 g/mol. The van der Waals surface area contributed by atoms with Crippen molar-refractivity contribution in [1.82, 2.24) is 25.0 Å². The third-order valence-electron chi connectivity index (χ3n) is 3.31. The highest BCUT2D eigenvalue weighted by Gasteiger charge is 2.10. The minimum Gasteiger partial charge on any atom is -0.347 e. The van der Waals surface area contributed by atoms with Crippen molar-refractivity contribution >= 4 is 5.91 Å². The van der Waals surface area contributed by atoms with Crippen molar-refractivity contribution in [3.05, 3.63) is 64.6 Å². The lowest BCUT2D eigenvalue weighted by Gasteiger charge is -2.04. The number of benzene rings is 1. The lowest BCUT2D eigenvalue weighted by molar-refractivity contribution is -0.121. The van der Waals surface area contributed by atoms with Crippen LogP contribution < -0.4 is 11.0 Å².